The number of Topliss-reactive ketones (excluding diaryl/α,β-unsaturated/α-hetero) is 1. The number of ketones is 1. The second-order valence-corrected chi connectivity index (χ2v) is 4.34. The molecule has 0 heterocycles. The van der Waals surface area contributed by atoms with Crippen molar-refractivity contribution in [3.05, 3.63) is 0 Å². The Labute approximate surface area is 89.3 Å². The molecule has 0 saturated carbocycles. The Morgan fingerprint density at radius 2 is 1.75 bits per heavy atom. The number of alkyl halides is 4. The molecule has 1 amide bonds. The molecule has 0 aromatic carbocycles. The molecule has 7 heteroatoms. The van der Waals surface area contributed by atoms with E-state index in [4.69, 9.17) is 46.4 Å². The number of rotatable bonds is 3. The van der Waals surface area contributed by atoms with Crippen LogP contribution in [0, 0.1) is 0 Å². The van der Waals surface area contributed by atoms with E-state index in [0.29, 0.717) is 0 Å². The molecular formula is C5H5Cl4NO2. The maximum absolute atomic E-state index is 10.8. The van der Waals surface area contributed by atoms with Crippen molar-refractivity contribution in [3.8, 4) is 0 Å². The summed E-state index contributed by atoms with van der Waals surface area (Å²) in [6.07, 6.45) is 0. The number of hydrogen-bond acceptors (Lipinski definition) is 2. The van der Waals surface area contributed by atoms with E-state index in [1.165, 1.54) is 0 Å². The minimum atomic E-state index is -1.96. The predicted octanol–water partition coefficient (Wildman–Crippen LogP) is 1.63. The number of nitrogens with one attached hydrogen (secondary N) is 1. The van der Waals surface area contributed by atoms with Crippen LogP contribution < -0.4 is 5.32 Å². The molecule has 0 aromatic heterocycles. The predicted molar refractivity (Wildman–Crippen MR) is 48.8 cm³/mol. The summed E-state index contributed by atoms with van der Waals surface area (Å²) in [4.78, 5) is 20.1. The zero-order chi connectivity index (χ0) is 9.94. The molecule has 0 unspecified atom stereocenters. The summed E-state index contributed by atoms with van der Waals surface area (Å²) < 4.78 is -1.96. The minimum Gasteiger partial charge on any atom is -0.316 e. The third-order valence-corrected chi connectivity index (χ3v) is 2.04. The van der Waals surface area contributed by atoms with Crippen LogP contribution in [0.3, 0.4) is 0 Å². The van der Waals surface area contributed by atoms with E-state index in [1.54, 1.807) is 0 Å². The van der Waals surface area contributed by atoms with Crippen molar-refractivity contribution in [2.75, 3.05) is 0 Å². The van der Waals surface area contributed by atoms with Crippen LogP contribution in [0.25, 0.3) is 0 Å². The van der Waals surface area contributed by atoms with Gasteiger partial charge in [0.05, 0.1) is 0 Å². The number of carbonyl (C=O) groups is 2. The van der Waals surface area contributed by atoms with Gasteiger partial charge < -0.3 is 5.32 Å². The molecule has 0 atom stereocenters. The van der Waals surface area contributed by atoms with Gasteiger partial charge in [-0.15, -0.1) is 0 Å². The van der Waals surface area contributed by atoms with Crippen molar-refractivity contribution in [2.24, 2.45) is 0 Å². The average molecular weight is 253 g/mol. The first-order valence-corrected chi connectivity index (χ1v) is 4.39. The van der Waals surface area contributed by atoms with Crippen molar-refractivity contribution < 1.29 is 9.59 Å². The molecule has 0 aliphatic heterocycles. The van der Waals surface area contributed by atoms with Gasteiger partial charge >= 0.3 is 0 Å². The van der Waals surface area contributed by atoms with Gasteiger partial charge in [0.1, 0.15) is 0 Å². The highest BCUT2D eigenvalue weighted by molar-refractivity contribution is 6.60. The van der Waals surface area contributed by atoms with Crippen LogP contribution in [0.2, 0.25) is 0 Å². The van der Waals surface area contributed by atoms with E-state index in [2.05, 4.69) is 0 Å². The van der Waals surface area contributed by atoms with Gasteiger partial charge in [-0.3, -0.25) is 9.59 Å². The Morgan fingerprint density at radius 1 is 1.33 bits per heavy atom. The van der Waals surface area contributed by atoms with Gasteiger partial charge in [-0.25, -0.2) is 0 Å². The molecular weight excluding hydrogens is 248 g/mol. The lowest BCUT2D eigenvalue weighted by Gasteiger charge is -2.17. The second-order valence-electron chi connectivity index (χ2n) is 1.92. The average Bonchev–Trinajstić information content (AvgIpc) is 1.85. The summed E-state index contributed by atoms with van der Waals surface area (Å²) in [5.41, 5.74) is 0. The fourth-order valence-electron chi connectivity index (χ4n) is 0.297. The first kappa shape index (κ1) is 12.3. The van der Waals surface area contributed by atoms with Gasteiger partial charge in [0.15, 0.2) is 10.6 Å². The zero-order valence-electron chi connectivity index (χ0n) is 5.91. The van der Waals surface area contributed by atoms with Crippen LogP contribution in [-0.4, -0.2) is 21.0 Å². The molecule has 12 heavy (non-hydrogen) atoms. The van der Waals surface area contributed by atoms with Crippen LogP contribution in [0.5, 0.6) is 0 Å². The molecule has 0 aliphatic carbocycles. The van der Waals surface area contributed by atoms with Crippen molar-refractivity contribution in [3.63, 3.8) is 0 Å². The highest BCUT2D eigenvalue weighted by Gasteiger charge is 2.33. The van der Waals surface area contributed by atoms with Gasteiger partial charge in [0, 0.05) is 0 Å². The molecule has 3 nitrogen and oxygen atoms in total. The van der Waals surface area contributed by atoms with Gasteiger partial charge in [-0.05, 0) is 6.92 Å². The van der Waals surface area contributed by atoms with Crippen molar-refractivity contribution >= 4 is 58.1 Å². The van der Waals surface area contributed by atoms with Crippen molar-refractivity contribution in [2.45, 2.75) is 16.2 Å². The Kier molecular flexibility index (Phi) is 4.62. The quantitative estimate of drug-likeness (QED) is 0.613. The Hall–Kier alpha value is 0.300. The molecule has 70 valence electrons. The molecule has 0 spiro atoms. The van der Waals surface area contributed by atoms with Gasteiger partial charge in [-0.1, -0.05) is 46.4 Å². The summed E-state index contributed by atoms with van der Waals surface area (Å²) in [5.74, 6) is -1.44. The lowest BCUT2D eigenvalue weighted by Crippen LogP contribution is -2.46. The lowest BCUT2D eigenvalue weighted by atomic mass is 10.4. The van der Waals surface area contributed by atoms with E-state index < -0.39 is 21.0 Å². The third-order valence-electron chi connectivity index (χ3n) is 0.921. The largest absolute Gasteiger partial charge is 0.316 e. The number of amides is 1. The Balaban J connectivity index is 4.25. The molecule has 0 radical (unpaired) electrons. The molecule has 0 saturated heterocycles. The SMILES string of the molecule is CC(=O)C(Cl)(Cl)NC(=O)C(Cl)Cl. The van der Waals surface area contributed by atoms with E-state index in [0.717, 1.165) is 6.92 Å². The van der Waals surface area contributed by atoms with Crippen molar-refractivity contribution in [1.29, 1.82) is 0 Å². The van der Waals surface area contributed by atoms with Crippen molar-refractivity contribution in [1.82, 2.24) is 5.32 Å². The third kappa shape index (κ3) is 3.81. The lowest BCUT2D eigenvalue weighted by molar-refractivity contribution is -0.125. The minimum absolute atomic E-state index is 0.617. The van der Waals surface area contributed by atoms with Crippen LogP contribution in [-0.2, 0) is 9.59 Å². The number of halogens is 4. The van der Waals surface area contributed by atoms with E-state index in [9.17, 15) is 9.59 Å². The van der Waals surface area contributed by atoms with Crippen LogP contribution in [0.15, 0.2) is 0 Å². The van der Waals surface area contributed by atoms with Gasteiger partial charge in [-0.2, -0.15) is 0 Å². The standard InChI is InChI=1S/C5H5Cl4NO2/c1-2(11)5(8,9)10-4(12)3(6)7/h3H,1H3,(H,10,12). The monoisotopic (exact) mass is 251 g/mol. The summed E-state index contributed by atoms with van der Waals surface area (Å²) >= 11 is 21.1. The van der Waals surface area contributed by atoms with E-state index in [1.807, 2.05) is 5.32 Å². The molecule has 0 bridgehead atoms. The second kappa shape index (κ2) is 4.51. The summed E-state index contributed by atoms with van der Waals surface area (Å²) in [7, 11) is 0. The molecule has 1 N–H and O–H groups in total. The van der Waals surface area contributed by atoms with Crippen LogP contribution in [0.1, 0.15) is 6.92 Å². The topological polar surface area (TPSA) is 46.2 Å². The summed E-state index contributed by atoms with van der Waals surface area (Å²) in [6.45, 7) is 1.12. The van der Waals surface area contributed by atoms with E-state index in [-0.39, 0.29) is 0 Å². The fraction of sp³-hybridized carbons (Fsp3) is 0.600. The highest BCUT2D eigenvalue weighted by Crippen LogP contribution is 2.19. The first-order valence-electron chi connectivity index (χ1n) is 2.76. The molecule has 0 fully saturated rings. The normalized spacial score (nSPS) is 11.5. The van der Waals surface area contributed by atoms with Gasteiger partial charge in [0.2, 0.25) is 4.46 Å². The van der Waals surface area contributed by atoms with E-state index >= 15 is 0 Å². The summed E-state index contributed by atoms with van der Waals surface area (Å²) in [6, 6.07) is 0. The maximum Gasteiger partial charge on any atom is 0.255 e. The van der Waals surface area contributed by atoms with Crippen LogP contribution in [0.4, 0.5) is 0 Å². The highest BCUT2D eigenvalue weighted by atomic mass is 35.5. The molecule has 0 aromatic rings. The smallest absolute Gasteiger partial charge is 0.255 e. The fourth-order valence-corrected chi connectivity index (χ4v) is 0.593. The van der Waals surface area contributed by atoms with Gasteiger partial charge in [0.25, 0.3) is 5.91 Å². The molecule has 0 rings (SSSR count). The maximum atomic E-state index is 10.8. The first-order chi connectivity index (χ1) is 5.27. The summed E-state index contributed by atoms with van der Waals surface area (Å²) in [5, 5.41) is 1.93. The number of hydrogen-bond donors (Lipinski definition) is 1. The molecule has 0 aliphatic rings. The number of carbonyl (C=O) groups excluding carboxylic acids is 2. The van der Waals surface area contributed by atoms with Crippen LogP contribution >= 0.6 is 46.4 Å². The Bertz CT molecular complexity index is 204. The Morgan fingerprint density at radius 3 is 2.00 bits per heavy atom. The zero-order valence-corrected chi connectivity index (χ0v) is 8.93.